The van der Waals surface area contributed by atoms with Crippen molar-refractivity contribution < 1.29 is 9.47 Å². The molecular weight excluding hydrogens is 464 g/mol. The third kappa shape index (κ3) is 6.28. The molecule has 8 nitrogen and oxygen atoms in total. The number of pyridine rings is 4. The summed E-state index contributed by atoms with van der Waals surface area (Å²) in [7, 11) is 1.81. The third-order valence-corrected chi connectivity index (χ3v) is 5.23. The van der Waals surface area contributed by atoms with E-state index in [1.807, 2.05) is 13.8 Å². The second-order valence-electron chi connectivity index (χ2n) is 8.59. The molecule has 4 heterocycles. The average Bonchev–Trinajstić information content (AvgIpc) is 2.85. The molecule has 0 saturated heterocycles. The Kier molecular flexibility index (Phi) is 7.18. The molecule has 0 aliphatic heterocycles. The normalized spacial score (nSPS) is 11.0. The summed E-state index contributed by atoms with van der Waals surface area (Å²) in [6.45, 7) is 4.94. The number of hydrogen-bond acceptors (Lipinski definition) is 8. The summed E-state index contributed by atoms with van der Waals surface area (Å²) < 4.78 is 11.8. The lowest BCUT2D eigenvalue weighted by atomic mass is 9.96. The van der Waals surface area contributed by atoms with Crippen molar-refractivity contribution in [2.75, 3.05) is 31.3 Å². The van der Waals surface area contributed by atoms with E-state index in [9.17, 15) is 0 Å². The highest BCUT2D eigenvalue weighted by atomic mass is 35.5. The summed E-state index contributed by atoms with van der Waals surface area (Å²) in [6.07, 6.45) is 5.06. The number of anilines is 2. The van der Waals surface area contributed by atoms with Gasteiger partial charge in [0.05, 0.1) is 18.8 Å². The van der Waals surface area contributed by atoms with E-state index in [0.717, 1.165) is 16.3 Å². The minimum absolute atomic E-state index is 0.271. The maximum atomic E-state index is 6.01. The summed E-state index contributed by atoms with van der Waals surface area (Å²) in [6, 6.07) is 10.7. The Morgan fingerprint density at radius 2 is 1.83 bits per heavy atom. The molecule has 0 bridgehead atoms. The smallest absolute Gasteiger partial charge is 0.214 e. The van der Waals surface area contributed by atoms with Crippen molar-refractivity contribution in [1.29, 1.82) is 0 Å². The molecule has 0 saturated carbocycles. The first-order chi connectivity index (χ1) is 16.8. The average molecular weight is 489 g/mol. The topological polar surface area (TPSA) is 108 Å². The first-order valence-corrected chi connectivity index (χ1v) is 11.3. The Labute approximate surface area is 208 Å². The van der Waals surface area contributed by atoms with Crippen LogP contribution in [0.4, 0.5) is 11.6 Å². The standard InChI is InChI=1S/C26H25ClN6O2/c1-26(2,16-35-24-6-4-5-22(27)33-24)15-34-19-9-10-30-18(11-19)8-7-17-13-32-25(29-3)21-14-31-23(28)12-20(17)21/h4-6,9-14H,15-16H2,1-3H3,(H2,28,31)(H,29,32). The van der Waals surface area contributed by atoms with Crippen molar-refractivity contribution in [3.05, 3.63) is 71.4 Å². The number of nitrogens with two attached hydrogens (primary N) is 1. The molecule has 35 heavy (non-hydrogen) atoms. The molecule has 0 atom stereocenters. The van der Waals surface area contributed by atoms with Gasteiger partial charge in [-0.05, 0) is 24.1 Å². The molecule has 4 aromatic heterocycles. The minimum atomic E-state index is -0.271. The molecule has 0 spiro atoms. The molecule has 0 aliphatic rings. The number of nitrogen functional groups attached to an aromatic ring is 1. The molecule has 0 aromatic carbocycles. The van der Waals surface area contributed by atoms with E-state index in [1.165, 1.54) is 0 Å². The van der Waals surface area contributed by atoms with Crippen LogP contribution in [-0.4, -0.2) is 40.2 Å². The Morgan fingerprint density at radius 3 is 2.63 bits per heavy atom. The van der Waals surface area contributed by atoms with E-state index in [1.54, 1.807) is 62.0 Å². The van der Waals surface area contributed by atoms with Crippen LogP contribution in [0.1, 0.15) is 25.1 Å². The van der Waals surface area contributed by atoms with Crippen molar-refractivity contribution in [2.45, 2.75) is 13.8 Å². The van der Waals surface area contributed by atoms with Gasteiger partial charge in [0.25, 0.3) is 0 Å². The molecule has 0 unspecified atom stereocenters. The van der Waals surface area contributed by atoms with E-state index < -0.39 is 0 Å². The first kappa shape index (κ1) is 24.0. The van der Waals surface area contributed by atoms with E-state index in [4.69, 9.17) is 26.8 Å². The Balaban J connectivity index is 1.45. The molecule has 0 aliphatic carbocycles. The van der Waals surface area contributed by atoms with Gasteiger partial charge < -0.3 is 20.5 Å². The zero-order valence-corrected chi connectivity index (χ0v) is 20.4. The van der Waals surface area contributed by atoms with E-state index >= 15 is 0 Å². The SMILES string of the molecule is CNc1ncc(C#Cc2cc(OCC(C)(C)COc3cccc(Cl)n3)ccn2)c2cc(N)ncc12. The lowest BCUT2D eigenvalue weighted by molar-refractivity contribution is 0.108. The van der Waals surface area contributed by atoms with Crippen molar-refractivity contribution in [3.63, 3.8) is 0 Å². The predicted octanol–water partition coefficient (Wildman–Crippen LogP) is 4.58. The summed E-state index contributed by atoms with van der Waals surface area (Å²) in [5.74, 6) is 8.51. The predicted molar refractivity (Wildman–Crippen MR) is 138 cm³/mol. The first-order valence-electron chi connectivity index (χ1n) is 10.9. The van der Waals surface area contributed by atoms with Crippen LogP contribution in [0, 0.1) is 17.3 Å². The van der Waals surface area contributed by atoms with Crippen LogP contribution in [0.2, 0.25) is 5.15 Å². The molecular formula is C26H25ClN6O2. The van der Waals surface area contributed by atoms with Gasteiger partial charge in [-0.3, -0.25) is 0 Å². The number of nitrogens with one attached hydrogen (secondary N) is 1. The zero-order chi connectivity index (χ0) is 24.8. The number of fused-ring (bicyclic) bond motifs is 1. The fraction of sp³-hybridized carbons (Fsp3) is 0.231. The van der Waals surface area contributed by atoms with Gasteiger partial charge in [0.2, 0.25) is 5.88 Å². The van der Waals surface area contributed by atoms with Crippen LogP contribution in [0.25, 0.3) is 10.8 Å². The van der Waals surface area contributed by atoms with E-state index in [2.05, 4.69) is 37.1 Å². The zero-order valence-electron chi connectivity index (χ0n) is 19.7. The van der Waals surface area contributed by atoms with Gasteiger partial charge in [-0.2, -0.15) is 0 Å². The maximum Gasteiger partial charge on any atom is 0.214 e. The number of halogens is 1. The molecule has 4 rings (SSSR count). The number of aromatic nitrogens is 4. The van der Waals surface area contributed by atoms with Gasteiger partial charge in [-0.25, -0.2) is 19.9 Å². The highest BCUT2D eigenvalue weighted by Crippen LogP contribution is 2.25. The van der Waals surface area contributed by atoms with Gasteiger partial charge in [0.1, 0.15) is 28.2 Å². The highest BCUT2D eigenvalue weighted by Gasteiger charge is 2.21. The molecule has 0 radical (unpaired) electrons. The van der Waals surface area contributed by atoms with E-state index in [0.29, 0.717) is 47.3 Å². The fourth-order valence-electron chi connectivity index (χ4n) is 3.21. The van der Waals surface area contributed by atoms with Crippen molar-refractivity contribution >= 4 is 34.0 Å². The summed E-state index contributed by atoms with van der Waals surface area (Å²) in [5.41, 5.74) is 6.93. The van der Waals surface area contributed by atoms with Gasteiger partial charge in [-0.1, -0.05) is 37.4 Å². The summed E-state index contributed by atoms with van der Waals surface area (Å²) in [4.78, 5) is 17.1. The molecule has 0 amide bonds. The minimum Gasteiger partial charge on any atom is -0.493 e. The Hall–Kier alpha value is -4.09. The molecule has 9 heteroatoms. The van der Waals surface area contributed by atoms with Crippen LogP contribution in [0.5, 0.6) is 11.6 Å². The number of rotatable bonds is 7. The highest BCUT2D eigenvalue weighted by molar-refractivity contribution is 6.29. The Bertz CT molecular complexity index is 1410. The number of hydrogen-bond donors (Lipinski definition) is 2. The van der Waals surface area contributed by atoms with Crippen LogP contribution < -0.4 is 20.5 Å². The number of ether oxygens (including phenoxy) is 2. The molecule has 178 valence electrons. The molecule has 3 N–H and O–H groups in total. The Morgan fingerprint density at radius 1 is 1.00 bits per heavy atom. The van der Waals surface area contributed by atoms with Crippen LogP contribution >= 0.6 is 11.6 Å². The fourth-order valence-corrected chi connectivity index (χ4v) is 3.37. The van der Waals surface area contributed by atoms with Crippen LogP contribution in [0.3, 0.4) is 0 Å². The van der Waals surface area contributed by atoms with Crippen molar-refractivity contribution in [3.8, 4) is 23.5 Å². The lowest BCUT2D eigenvalue weighted by Gasteiger charge is -2.24. The molecule has 4 aromatic rings. The van der Waals surface area contributed by atoms with Crippen LogP contribution in [-0.2, 0) is 0 Å². The number of nitrogens with zero attached hydrogens (tertiary/aromatic N) is 4. The van der Waals surface area contributed by atoms with Gasteiger partial charge in [0, 0.05) is 54.0 Å². The maximum absolute atomic E-state index is 6.01. The van der Waals surface area contributed by atoms with Gasteiger partial charge >= 0.3 is 0 Å². The molecule has 0 fully saturated rings. The lowest BCUT2D eigenvalue weighted by Crippen LogP contribution is -2.29. The van der Waals surface area contributed by atoms with E-state index in [-0.39, 0.29) is 5.41 Å². The van der Waals surface area contributed by atoms with Gasteiger partial charge in [-0.15, -0.1) is 0 Å². The second-order valence-corrected chi connectivity index (χ2v) is 8.98. The largest absolute Gasteiger partial charge is 0.493 e. The third-order valence-electron chi connectivity index (χ3n) is 5.02. The summed E-state index contributed by atoms with van der Waals surface area (Å²) >= 11 is 5.92. The monoisotopic (exact) mass is 488 g/mol. The quantitative estimate of drug-likeness (QED) is 0.287. The summed E-state index contributed by atoms with van der Waals surface area (Å²) in [5, 5.41) is 5.16. The second kappa shape index (κ2) is 10.5. The van der Waals surface area contributed by atoms with Crippen molar-refractivity contribution in [2.24, 2.45) is 5.41 Å². The van der Waals surface area contributed by atoms with Gasteiger partial charge in [0.15, 0.2) is 0 Å². The van der Waals surface area contributed by atoms with Crippen LogP contribution in [0.15, 0.2) is 55.0 Å². The van der Waals surface area contributed by atoms with Crippen molar-refractivity contribution in [1.82, 2.24) is 19.9 Å².